The van der Waals surface area contributed by atoms with Crippen molar-refractivity contribution in [3.05, 3.63) is 42.4 Å². The monoisotopic (exact) mass is 237 g/mol. The van der Waals surface area contributed by atoms with Crippen LogP contribution < -0.4 is 0 Å². The minimum atomic E-state index is 0.350. The summed E-state index contributed by atoms with van der Waals surface area (Å²) in [5.41, 5.74) is 1.97. The number of H-pyrrole nitrogens is 1. The SMILES string of the molecule is N#Cc1c[nH]c(-c2nc(-c3ccncc3)no2)c1. The lowest BCUT2D eigenvalue weighted by Crippen LogP contribution is -1.81. The molecule has 0 spiro atoms. The van der Waals surface area contributed by atoms with E-state index in [2.05, 4.69) is 20.1 Å². The van der Waals surface area contributed by atoms with Crippen molar-refractivity contribution < 1.29 is 4.52 Å². The number of nitrogens with one attached hydrogen (secondary N) is 1. The predicted molar refractivity (Wildman–Crippen MR) is 62.0 cm³/mol. The molecule has 0 aromatic carbocycles. The van der Waals surface area contributed by atoms with Gasteiger partial charge in [0, 0.05) is 24.2 Å². The Labute approximate surface area is 102 Å². The molecule has 0 aliphatic rings. The summed E-state index contributed by atoms with van der Waals surface area (Å²) in [7, 11) is 0. The van der Waals surface area contributed by atoms with Crippen molar-refractivity contribution in [2.24, 2.45) is 0 Å². The highest BCUT2D eigenvalue weighted by atomic mass is 16.5. The third kappa shape index (κ3) is 1.74. The number of pyridine rings is 1. The molecule has 0 aliphatic carbocycles. The molecule has 0 fully saturated rings. The number of hydrogen-bond acceptors (Lipinski definition) is 5. The second-order valence-electron chi connectivity index (χ2n) is 3.57. The molecule has 3 aromatic rings. The second kappa shape index (κ2) is 4.14. The minimum absolute atomic E-state index is 0.350. The Hall–Kier alpha value is -2.94. The molecule has 3 rings (SSSR count). The molecular weight excluding hydrogens is 230 g/mol. The largest absolute Gasteiger partial charge is 0.356 e. The average Bonchev–Trinajstić information content (AvgIpc) is 3.08. The van der Waals surface area contributed by atoms with Gasteiger partial charge >= 0.3 is 0 Å². The zero-order chi connectivity index (χ0) is 12.4. The summed E-state index contributed by atoms with van der Waals surface area (Å²) in [6.07, 6.45) is 4.91. The Morgan fingerprint density at radius 2 is 2.11 bits per heavy atom. The van der Waals surface area contributed by atoms with Crippen molar-refractivity contribution in [2.45, 2.75) is 0 Å². The van der Waals surface area contributed by atoms with Crippen LogP contribution in [0.5, 0.6) is 0 Å². The van der Waals surface area contributed by atoms with Crippen LogP contribution in [-0.4, -0.2) is 20.1 Å². The Morgan fingerprint density at radius 3 is 2.83 bits per heavy atom. The standard InChI is InChI=1S/C12H7N5O/c13-6-8-5-10(15-7-8)12-16-11(17-18-12)9-1-3-14-4-2-9/h1-5,7,15H. The number of rotatable bonds is 2. The van der Waals surface area contributed by atoms with Gasteiger partial charge in [0.2, 0.25) is 5.82 Å². The Bertz CT molecular complexity index is 707. The first-order valence-electron chi connectivity index (χ1n) is 5.20. The van der Waals surface area contributed by atoms with E-state index in [4.69, 9.17) is 9.78 Å². The van der Waals surface area contributed by atoms with Gasteiger partial charge in [0.05, 0.1) is 5.56 Å². The molecular formula is C12H7N5O. The van der Waals surface area contributed by atoms with Crippen molar-refractivity contribution in [3.8, 4) is 29.0 Å². The van der Waals surface area contributed by atoms with Gasteiger partial charge in [-0.2, -0.15) is 10.2 Å². The quantitative estimate of drug-likeness (QED) is 0.735. The van der Waals surface area contributed by atoms with Crippen molar-refractivity contribution >= 4 is 0 Å². The molecule has 3 aromatic heterocycles. The normalized spacial score (nSPS) is 10.2. The summed E-state index contributed by atoms with van der Waals surface area (Å²) in [5.74, 6) is 0.837. The van der Waals surface area contributed by atoms with Crippen LogP contribution in [0.15, 0.2) is 41.3 Å². The smallest absolute Gasteiger partial charge is 0.274 e. The molecule has 0 amide bonds. The van der Waals surface area contributed by atoms with E-state index in [-0.39, 0.29) is 0 Å². The summed E-state index contributed by atoms with van der Waals surface area (Å²) < 4.78 is 5.14. The number of aromatic nitrogens is 4. The number of nitrogens with zero attached hydrogens (tertiary/aromatic N) is 4. The fourth-order valence-electron chi connectivity index (χ4n) is 1.53. The van der Waals surface area contributed by atoms with Crippen molar-refractivity contribution in [2.75, 3.05) is 0 Å². The molecule has 3 heterocycles. The van der Waals surface area contributed by atoms with E-state index in [1.807, 2.05) is 6.07 Å². The summed E-state index contributed by atoms with van der Waals surface area (Å²) in [5, 5.41) is 12.6. The zero-order valence-corrected chi connectivity index (χ0v) is 9.16. The highest BCUT2D eigenvalue weighted by Gasteiger charge is 2.11. The Morgan fingerprint density at radius 1 is 1.28 bits per heavy atom. The van der Waals surface area contributed by atoms with Gasteiger partial charge in [-0.3, -0.25) is 4.98 Å². The molecule has 0 bridgehead atoms. The van der Waals surface area contributed by atoms with E-state index in [0.29, 0.717) is 23.0 Å². The van der Waals surface area contributed by atoms with Gasteiger partial charge in [0.25, 0.3) is 5.89 Å². The van der Waals surface area contributed by atoms with Gasteiger partial charge in [0.15, 0.2) is 0 Å². The van der Waals surface area contributed by atoms with Gasteiger partial charge in [0.1, 0.15) is 11.8 Å². The fraction of sp³-hybridized carbons (Fsp3) is 0. The van der Waals surface area contributed by atoms with E-state index >= 15 is 0 Å². The highest BCUT2D eigenvalue weighted by molar-refractivity contribution is 5.58. The average molecular weight is 237 g/mol. The maximum Gasteiger partial charge on any atom is 0.274 e. The zero-order valence-electron chi connectivity index (χ0n) is 9.16. The van der Waals surface area contributed by atoms with Crippen molar-refractivity contribution in [1.29, 1.82) is 5.26 Å². The summed E-state index contributed by atoms with van der Waals surface area (Å²) in [6, 6.07) is 7.27. The van der Waals surface area contributed by atoms with Crippen molar-refractivity contribution in [3.63, 3.8) is 0 Å². The molecule has 1 N–H and O–H groups in total. The van der Waals surface area contributed by atoms with Crippen LogP contribution in [0.1, 0.15) is 5.56 Å². The van der Waals surface area contributed by atoms with Crippen LogP contribution in [0.2, 0.25) is 0 Å². The topological polar surface area (TPSA) is 91.4 Å². The van der Waals surface area contributed by atoms with Crippen LogP contribution in [0.25, 0.3) is 23.0 Å². The Balaban J connectivity index is 1.97. The lowest BCUT2D eigenvalue weighted by molar-refractivity contribution is 0.431. The third-order valence-electron chi connectivity index (χ3n) is 2.41. The number of hydrogen-bond donors (Lipinski definition) is 1. The molecule has 0 saturated carbocycles. The van der Waals surface area contributed by atoms with Crippen LogP contribution in [0, 0.1) is 11.3 Å². The fourth-order valence-corrected chi connectivity index (χ4v) is 1.53. The highest BCUT2D eigenvalue weighted by Crippen LogP contribution is 2.21. The third-order valence-corrected chi connectivity index (χ3v) is 2.41. The number of aromatic amines is 1. The molecule has 6 nitrogen and oxygen atoms in total. The van der Waals surface area contributed by atoms with Gasteiger partial charge in [-0.15, -0.1) is 0 Å². The van der Waals surface area contributed by atoms with Gasteiger partial charge < -0.3 is 9.51 Å². The van der Waals surface area contributed by atoms with Crippen LogP contribution >= 0.6 is 0 Å². The van der Waals surface area contributed by atoms with E-state index in [9.17, 15) is 0 Å². The maximum absolute atomic E-state index is 8.74. The molecule has 0 unspecified atom stereocenters. The molecule has 86 valence electrons. The van der Waals surface area contributed by atoms with E-state index in [1.165, 1.54) is 0 Å². The maximum atomic E-state index is 8.74. The molecule has 0 radical (unpaired) electrons. The first-order chi connectivity index (χ1) is 8.86. The molecule has 0 aliphatic heterocycles. The summed E-state index contributed by atoms with van der Waals surface area (Å²) in [6.45, 7) is 0. The minimum Gasteiger partial charge on any atom is -0.356 e. The Kier molecular flexibility index (Phi) is 2.35. The van der Waals surface area contributed by atoms with E-state index in [1.54, 1.807) is 36.8 Å². The molecule has 18 heavy (non-hydrogen) atoms. The first-order valence-corrected chi connectivity index (χ1v) is 5.20. The lowest BCUT2D eigenvalue weighted by Gasteiger charge is -1.89. The van der Waals surface area contributed by atoms with Gasteiger partial charge in [-0.1, -0.05) is 5.16 Å². The predicted octanol–water partition coefficient (Wildman–Crippen LogP) is 2.00. The van der Waals surface area contributed by atoms with Crippen LogP contribution in [0.3, 0.4) is 0 Å². The lowest BCUT2D eigenvalue weighted by atomic mass is 10.2. The van der Waals surface area contributed by atoms with E-state index < -0.39 is 0 Å². The van der Waals surface area contributed by atoms with E-state index in [0.717, 1.165) is 5.56 Å². The summed E-state index contributed by atoms with van der Waals surface area (Å²) in [4.78, 5) is 11.1. The second-order valence-corrected chi connectivity index (χ2v) is 3.57. The van der Waals surface area contributed by atoms with Crippen LogP contribution in [0.4, 0.5) is 0 Å². The number of nitriles is 1. The molecule has 0 saturated heterocycles. The summed E-state index contributed by atoms with van der Waals surface area (Å²) >= 11 is 0. The molecule has 0 atom stereocenters. The van der Waals surface area contributed by atoms with Gasteiger partial charge in [-0.25, -0.2) is 0 Å². The van der Waals surface area contributed by atoms with Crippen LogP contribution in [-0.2, 0) is 0 Å². The van der Waals surface area contributed by atoms with Crippen molar-refractivity contribution in [1.82, 2.24) is 20.1 Å². The first kappa shape index (κ1) is 10.2. The van der Waals surface area contributed by atoms with Gasteiger partial charge in [-0.05, 0) is 18.2 Å². The molecule has 6 heteroatoms.